The molecule has 1 rings (SSSR count). The molecule has 11 heavy (non-hydrogen) atoms. The summed E-state index contributed by atoms with van der Waals surface area (Å²) >= 11 is 0. The van der Waals surface area contributed by atoms with Crippen molar-refractivity contribution in [3.8, 4) is 0 Å². The fraction of sp³-hybridized carbons (Fsp3) is 1.00. The molecule has 0 bridgehead atoms. The van der Waals surface area contributed by atoms with Crippen LogP contribution in [0, 0.1) is 5.92 Å². The van der Waals surface area contributed by atoms with Crippen LogP contribution in [-0.2, 0) is 4.74 Å². The molecule has 0 aromatic carbocycles. The summed E-state index contributed by atoms with van der Waals surface area (Å²) in [6, 6.07) is 0. The van der Waals surface area contributed by atoms with Gasteiger partial charge in [0.25, 0.3) is 0 Å². The second kappa shape index (κ2) is 3.55. The maximum absolute atomic E-state index is 5.72. The third kappa shape index (κ3) is 1.57. The van der Waals surface area contributed by atoms with Gasteiger partial charge in [0.1, 0.15) is 0 Å². The fourth-order valence-electron chi connectivity index (χ4n) is 1.84. The summed E-state index contributed by atoms with van der Waals surface area (Å²) in [4.78, 5) is 0. The maximum atomic E-state index is 5.72. The molecule has 1 aliphatic rings. The molecule has 66 valence electrons. The monoisotopic (exact) mass is 157 g/mol. The molecule has 2 N–H and O–H groups in total. The number of hydrogen-bond donors (Lipinski definition) is 1. The Kier molecular flexibility index (Phi) is 2.90. The highest BCUT2D eigenvalue weighted by molar-refractivity contribution is 4.90. The zero-order valence-corrected chi connectivity index (χ0v) is 7.60. The summed E-state index contributed by atoms with van der Waals surface area (Å²) in [7, 11) is 0. The molecule has 0 saturated carbocycles. The fourth-order valence-corrected chi connectivity index (χ4v) is 1.84. The molecule has 1 saturated heterocycles. The Labute approximate surface area is 69.1 Å². The van der Waals surface area contributed by atoms with Gasteiger partial charge in [0.05, 0.1) is 5.60 Å². The Balaban J connectivity index is 2.58. The smallest absolute Gasteiger partial charge is 0.0830 e. The van der Waals surface area contributed by atoms with Gasteiger partial charge in [0.15, 0.2) is 0 Å². The second-order valence-corrected chi connectivity index (χ2v) is 3.53. The van der Waals surface area contributed by atoms with Crippen molar-refractivity contribution in [2.45, 2.75) is 38.7 Å². The summed E-state index contributed by atoms with van der Waals surface area (Å²) in [5, 5.41) is 0. The number of ether oxygens (including phenoxy) is 1. The summed E-state index contributed by atoms with van der Waals surface area (Å²) in [5.74, 6) is 0.606. The molecule has 2 unspecified atom stereocenters. The molecule has 1 fully saturated rings. The van der Waals surface area contributed by atoms with Crippen LogP contribution in [0.4, 0.5) is 0 Å². The van der Waals surface area contributed by atoms with Crippen LogP contribution in [-0.4, -0.2) is 18.8 Å². The first kappa shape index (κ1) is 9.01. The molecule has 2 heteroatoms. The van der Waals surface area contributed by atoms with Gasteiger partial charge in [0.2, 0.25) is 0 Å². The van der Waals surface area contributed by atoms with Gasteiger partial charge in [-0.1, -0.05) is 20.3 Å². The van der Waals surface area contributed by atoms with Crippen molar-refractivity contribution in [3.63, 3.8) is 0 Å². The standard InChI is InChI=1S/C9H19NO/c1-3-8(2)9(7-10)5-4-6-11-9/h8H,3-7,10H2,1-2H3. The van der Waals surface area contributed by atoms with Crippen molar-refractivity contribution >= 4 is 0 Å². The van der Waals surface area contributed by atoms with Crippen molar-refractivity contribution in [2.24, 2.45) is 11.7 Å². The van der Waals surface area contributed by atoms with E-state index in [2.05, 4.69) is 13.8 Å². The van der Waals surface area contributed by atoms with Crippen molar-refractivity contribution in [1.82, 2.24) is 0 Å². The molecule has 1 heterocycles. The molecule has 0 aromatic rings. The minimum absolute atomic E-state index is 0.0226. The molecule has 0 spiro atoms. The van der Waals surface area contributed by atoms with Crippen molar-refractivity contribution < 1.29 is 4.74 Å². The van der Waals surface area contributed by atoms with Crippen LogP contribution >= 0.6 is 0 Å². The van der Waals surface area contributed by atoms with Gasteiger partial charge in [-0.15, -0.1) is 0 Å². The molecule has 2 nitrogen and oxygen atoms in total. The topological polar surface area (TPSA) is 35.2 Å². The predicted octanol–water partition coefficient (Wildman–Crippen LogP) is 1.54. The van der Waals surface area contributed by atoms with Gasteiger partial charge in [-0.05, 0) is 18.8 Å². The van der Waals surface area contributed by atoms with E-state index >= 15 is 0 Å². The molecule has 0 radical (unpaired) electrons. The average molecular weight is 157 g/mol. The van der Waals surface area contributed by atoms with Crippen molar-refractivity contribution in [3.05, 3.63) is 0 Å². The van der Waals surface area contributed by atoms with Crippen molar-refractivity contribution in [1.29, 1.82) is 0 Å². The summed E-state index contributed by atoms with van der Waals surface area (Å²) in [6.45, 7) is 6.02. The first-order valence-corrected chi connectivity index (χ1v) is 4.59. The van der Waals surface area contributed by atoms with Crippen LogP contribution in [0.1, 0.15) is 33.1 Å². The zero-order valence-electron chi connectivity index (χ0n) is 7.60. The normalized spacial score (nSPS) is 34.1. The third-order valence-electron chi connectivity index (χ3n) is 2.99. The van der Waals surface area contributed by atoms with Crippen LogP contribution in [0.25, 0.3) is 0 Å². The number of rotatable bonds is 3. The predicted molar refractivity (Wildman–Crippen MR) is 46.4 cm³/mol. The highest BCUT2D eigenvalue weighted by Gasteiger charge is 2.37. The van der Waals surface area contributed by atoms with E-state index in [-0.39, 0.29) is 5.60 Å². The lowest BCUT2D eigenvalue weighted by Crippen LogP contribution is -2.43. The lowest BCUT2D eigenvalue weighted by atomic mass is 9.84. The molecule has 0 aromatic heterocycles. The minimum atomic E-state index is 0.0226. The quantitative estimate of drug-likeness (QED) is 0.674. The van der Waals surface area contributed by atoms with Gasteiger partial charge in [0, 0.05) is 13.2 Å². The van der Waals surface area contributed by atoms with E-state index in [4.69, 9.17) is 10.5 Å². The Hall–Kier alpha value is -0.0800. The first-order chi connectivity index (χ1) is 5.25. The van der Waals surface area contributed by atoms with Crippen LogP contribution in [0.5, 0.6) is 0 Å². The number of nitrogens with two attached hydrogens (primary N) is 1. The van der Waals surface area contributed by atoms with Gasteiger partial charge in [-0.25, -0.2) is 0 Å². The van der Waals surface area contributed by atoms with Gasteiger partial charge < -0.3 is 10.5 Å². The average Bonchev–Trinajstić information content (AvgIpc) is 2.52. The lowest BCUT2D eigenvalue weighted by Gasteiger charge is -2.32. The minimum Gasteiger partial charge on any atom is -0.373 e. The molecule has 2 atom stereocenters. The van der Waals surface area contributed by atoms with E-state index in [0.717, 1.165) is 19.4 Å². The maximum Gasteiger partial charge on any atom is 0.0830 e. The Morgan fingerprint density at radius 2 is 2.36 bits per heavy atom. The molecule has 0 amide bonds. The first-order valence-electron chi connectivity index (χ1n) is 4.59. The molecule has 0 aliphatic carbocycles. The van der Waals surface area contributed by atoms with Crippen LogP contribution < -0.4 is 5.73 Å². The zero-order chi connectivity index (χ0) is 8.32. The lowest BCUT2D eigenvalue weighted by molar-refractivity contribution is -0.0320. The number of hydrogen-bond acceptors (Lipinski definition) is 2. The Morgan fingerprint density at radius 1 is 1.64 bits per heavy atom. The van der Waals surface area contributed by atoms with E-state index in [1.54, 1.807) is 0 Å². The Bertz CT molecular complexity index is 119. The van der Waals surface area contributed by atoms with Crippen LogP contribution in [0.2, 0.25) is 0 Å². The SMILES string of the molecule is CCC(C)C1(CN)CCCO1. The highest BCUT2D eigenvalue weighted by atomic mass is 16.5. The van der Waals surface area contributed by atoms with Gasteiger partial charge >= 0.3 is 0 Å². The van der Waals surface area contributed by atoms with E-state index < -0.39 is 0 Å². The Morgan fingerprint density at radius 3 is 2.73 bits per heavy atom. The van der Waals surface area contributed by atoms with Gasteiger partial charge in [-0.2, -0.15) is 0 Å². The van der Waals surface area contributed by atoms with Crippen molar-refractivity contribution in [2.75, 3.05) is 13.2 Å². The molecular formula is C9H19NO. The van der Waals surface area contributed by atoms with Crippen LogP contribution in [0.3, 0.4) is 0 Å². The van der Waals surface area contributed by atoms with E-state index in [1.165, 1.54) is 6.42 Å². The highest BCUT2D eigenvalue weighted by Crippen LogP contribution is 2.33. The summed E-state index contributed by atoms with van der Waals surface area (Å²) < 4.78 is 5.72. The van der Waals surface area contributed by atoms with E-state index in [1.807, 2.05) is 0 Å². The van der Waals surface area contributed by atoms with Gasteiger partial charge in [-0.3, -0.25) is 0 Å². The van der Waals surface area contributed by atoms with E-state index in [0.29, 0.717) is 12.5 Å². The summed E-state index contributed by atoms with van der Waals surface area (Å²) in [5.41, 5.74) is 5.74. The molecular weight excluding hydrogens is 138 g/mol. The largest absolute Gasteiger partial charge is 0.373 e. The molecule has 1 aliphatic heterocycles. The van der Waals surface area contributed by atoms with E-state index in [9.17, 15) is 0 Å². The third-order valence-corrected chi connectivity index (χ3v) is 2.99. The summed E-state index contributed by atoms with van der Waals surface area (Å²) in [6.07, 6.45) is 3.50. The van der Waals surface area contributed by atoms with Crippen LogP contribution in [0.15, 0.2) is 0 Å². The second-order valence-electron chi connectivity index (χ2n) is 3.53.